The average Bonchev–Trinajstić information content (AvgIpc) is 2.65. The third kappa shape index (κ3) is 6.69. The Kier molecular flexibility index (Phi) is 8.53. The highest BCUT2D eigenvalue weighted by molar-refractivity contribution is 7.98. The van der Waals surface area contributed by atoms with Crippen molar-refractivity contribution in [1.82, 2.24) is 5.32 Å². The molecule has 0 saturated carbocycles. The Labute approximate surface area is 170 Å². The van der Waals surface area contributed by atoms with Crippen LogP contribution in [0.5, 0.6) is 5.75 Å². The van der Waals surface area contributed by atoms with Crippen molar-refractivity contribution >= 4 is 40.9 Å². The molecule has 5 nitrogen and oxygen atoms in total. The van der Waals surface area contributed by atoms with Gasteiger partial charge < -0.3 is 15.4 Å². The number of benzene rings is 2. The molecule has 0 bridgehead atoms. The number of amides is 2. The van der Waals surface area contributed by atoms with Crippen molar-refractivity contribution in [3.63, 3.8) is 0 Å². The maximum absolute atomic E-state index is 12.6. The Bertz CT molecular complexity index is 823. The highest BCUT2D eigenvalue weighted by Gasteiger charge is 2.22. The molecule has 0 radical (unpaired) electrons. The fourth-order valence-corrected chi connectivity index (χ4v) is 3.06. The van der Waals surface area contributed by atoms with Gasteiger partial charge in [0.25, 0.3) is 5.91 Å². The lowest BCUT2D eigenvalue weighted by molar-refractivity contribution is -0.118. The molecule has 150 valence electrons. The van der Waals surface area contributed by atoms with E-state index >= 15 is 0 Å². The van der Waals surface area contributed by atoms with E-state index in [4.69, 9.17) is 11.6 Å². The number of halogens is 3. The molecule has 2 aromatic rings. The van der Waals surface area contributed by atoms with Crippen molar-refractivity contribution in [2.24, 2.45) is 0 Å². The first kappa shape index (κ1) is 22.0. The summed E-state index contributed by atoms with van der Waals surface area (Å²) in [6.07, 6.45) is 2.27. The molecule has 0 aliphatic carbocycles. The predicted octanol–water partition coefficient (Wildman–Crippen LogP) is 4.43. The number of ether oxygens (including phenoxy) is 1. The van der Waals surface area contributed by atoms with Gasteiger partial charge in [0.05, 0.1) is 10.6 Å². The zero-order chi connectivity index (χ0) is 20.5. The fourth-order valence-electron chi connectivity index (χ4n) is 2.37. The Morgan fingerprint density at radius 2 is 1.93 bits per heavy atom. The fraction of sp³-hybridized carbons (Fsp3) is 0.263. The predicted molar refractivity (Wildman–Crippen MR) is 107 cm³/mol. The summed E-state index contributed by atoms with van der Waals surface area (Å²) in [7, 11) is 0. The number of hydrogen-bond acceptors (Lipinski definition) is 4. The largest absolute Gasteiger partial charge is 0.435 e. The van der Waals surface area contributed by atoms with Gasteiger partial charge in [0.15, 0.2) is 0 Å². The lowest BCUT2D eigenvalue weighted by Crippen LogP contribution is -2.44. The number of carbonyl (C=O) groups is 2. The second-order valence-corrected chi connectivity index (χ2v) is 7.08. The van der Waals surface area contributed by atoms with Gasteiger partial charge in [0, 0.05) is 11.8 Å². The molecular formula is C19H19ClF2N2O3S. The standard InChI is InChI=1S/C19H19ClF2N2O3S/c1-28-10-9-16(24-17(25)14-7-2-3-8-15(14)20)18(26)23-12-5-4-6-13(11-12)27-19(21)22/h2-8,11,16,19H,9-10H2,1H3,(H,23,26)(H,24,25). The van der Waals surface area contributed by atoms with Crippen molar-refractivity contribution in [3.8, 4) is 5.75 Å². The first-order chi connectivity index (χ1) is 13.4. The SMILES string of the molecule is CSCCC(NC(=O)c1ccccc1Cl)C(=O)Nc1cccc(OC(F)F)c1. The molecule has 1 atom stereocenters. The summed E-state index contributed by atoms with van der Waals surface area (Å²) >= 11 is 7.56. The lowest BCUT2D eigenvalue weighted by atomic mass is 10.1. The summed E-state index contributed by atoms with van der Waals surface area (Å²) in [5, 5.41) is 5.57. The van der Waals surface area contributed by atoms with Crippen LogP contribution in [-0.2, 0) is 4.79 Å². The van der Waals surface area contributed by atoms with E-state index in [0.29, 0.717) is 12.2 Å². The summed E-state index contributed by atoms with van der Waals surface area (Å²) in [6.45, 7) is -2.96. The highest BCUT2D eigenvalue weighted by Crippen LogP contribution is 2.20. The zero-order valence-corrected chi connectivity index (χ0v) is 16.5. The normalized spacial score (nSPS) is 11.8. The molecule has 2 N–H and O–H groups in total. The van der Waals surface area contributed by atoms with Crippen LogP contribution in [0.25, 0.3) is 0 Å². The van der Waals surface area contributed by atoms with E-state index in [2.05, 4.69) is 15.4 Å². The van der Waals surface area contributed by atoms with E-state index in [1.807, 2.05) is 6.26 Å². The molecule has 0 aliphatic heterocycles. The van der Waals surface area contributed by atoms with Crippen LogP contribution in [0, 0.1) is 0 Å². The van der Waals surface area contributed by atoms with Crippen LogP contribution >= 0.6 is 23.4 Å². The number of rotatable bonds is 9. The summed E-state index contributed by atoms with van der Waals surface area (Å²) in [5.74, 6) is -0.381. The Morgan fingerprint density at radius 3 is 2.61 bits per heavy atom. The van der Waals surface area contributed by atoms with E-state index in [0.717, 1.165) is 0 Å². The Balaban J connectivity index is 2.10. The molecule has 0 aromatic heterocycles. The quantitative estimate of drug-likeness (QED) is 0.620. The van der Waals surface area contributed by atoms with Crippen LogP contribution in [0.4, 0.5) is 14.5 Å². The molecule has 0 aliphatic rings. The minimum Gasteiger partial charge on any atom is -0.435 e. The topological polar surface area (TPSA) is 67.4 Å². The summed E-state index contributed by atoms with van der Waals surface area (Å²) in [4.78, 5) is 25.1. The van der Waals surface area contributed by atoms with Crippen LogP contribution in [0.15, 0.2) is 48.5 Å². The molecule has 9 heteroatoms. The van der Waals surface area contributed by atoms with E-state index in [9.17, 15) is 18.4 Å². The van der Waals surface area contributed by atoms with Gasteiger partial charge in [-0.1, -0.05) is 29.8 Å². The Morgan fingerprint density at radius 1 is 1.18 bits per heavy atom. The second kappa shape index (κ2) is 10.9. The maximum Gasteiger partial charge on any atom is 0.387 e. The molecule has 1 unspecified atom stereocenters. The van der Waals surface area contributed by atoms with E-state index < -0.39 is 24.5 Å². The van der Waals surface area contributed by atoms with Crippen LogP contribution in [0.2, 0.25) is 5.02 Å². The third-order valence-corrected chi connectivity index (χ3v) is 4.65. The van der Waals surface area contributed by atoms with E-state index in [1.54, 1.807) is 24.3 Å². The maximum atomic E-state index is 12.6. The molecule has 0 spiro atoms. The summed E-state index contributed by atoms with van der Waals surface area (Å²) in [6, 6.07) is 11.4. The molecule has 2 aromatic carbocycles. The van der Waals surface area contributed by atoms with Gasteiger partial charge >= 0.3 is 6.61 Å². The number of anilines is 1. The smallest absolute Gasteiger partial charge is 0.387 e. The lowest BCUT2D eigenvalue weighted by Gasteiger charge is -2.19. The number of nitrogens with one attached hydrogen (secondary N) is 2. The number of hydrogen-bond donors (Lipinski definition) is 2. The molecule has 0 heterocycles. The number of thioether (sulfide) groups is 1. The minimum absolute atomic E-state index is 0.0754. The molecule has 0 fully saturated rings. The van der Waals surface area contributed by atoms with Crippen LogP contribution in [-0.4, -0.2) is 36.5 Å². The molecule has 2 rings (SSSR count). The zero-order valence-electron chi connectivity index (χ0n) is 15.0. The van der Waals surface area contributed by atoms with Crippen molar-refractivity contribution in [2.45, 2.75) is 19.1 Å². The van der Waals surface area contributed by atoms with Crippen molar-refractivity contribution in [2.75, 3.05) is 17.3 Å². The monoisotopic (exact) mass is 428 g/mol. The Hall–Kier alpha value is -2.32. The van der Waals surface area contributed by atoms with Gasteiger partial charge in [0.1, 0.15) is 11.8 Å². The van der Waals surface area contributed by atoms with Crippen molar-refractivity contribution in [1.29, 1.82) is 0 Å². The second-order valence-electron chi connectivity index (χ2n) is 5.68. The first-order valence-electron chi connectivity index (χ1n) is 8.30. The van der Waals surface area contributed by atoms with Gasteiger partial charge in [-0.3, -0.25) is 9.59 Å². The van der Waals surface area contributed by atoms with Crippen LogP contribution < -0.4 is 15.4 Å². The van der Waals surface area contributed by atoms with Gasteiger partial charge in [-0.05, 0) is 42.7 Å². The van der Waals surface area contributed by atoms with Gasteiger partial charge in [-0.2, -0.15) is 20.5 Å². The number of carbonyl (C=O) groups excluding carboxylic acids is 2. The minimum atomic E-state index is -2.96. The van der Waals surface area contributed by atoms with E-state index in [-0.39, 0.29) is 22.0 Å². The summed E-state index contributed by atoms with van der Waals surface area (Å²) < 4.78 is 29.0. The third-order valence-electron chi connectivity index (χ3n) is 3.68. The van der Waals surface area contributed by atoms with Crippen molar-refractivity contribution < 1.29 is 23.1 Å². The molecule has 2 amide bonds. The highest BCUT2D eigenvalue weighted by atomic mass is 35.5. The molecule has 0 saturated heterocycles. The summed E-state index contributed by atoms with van der Waals surface area (Å²) in [5.41, 5.74) is 0.544. The average molecular weight is 429 g/mol. The molecular weight excluding hydrogens is 410 g/mol. The van der Waals surface area contributed by atoms with Gasteiger partial charge in [-0.25, -0.2) is 0 Å². The van der Waals surface area contributed by atoms with Crippen LogP contribution in [0.1, 0.15) is 16.8 Å². The van der Waals surface area contributed by atoms with Crippen molar-refractivity contribution in [3.05, 3.63) is 59.1 Å². The number of alkyl halides is 2. The van der Waals surface area contributed by atoms with E-state index in [1.165, 1.54) is 36.0 Å². The van der Waals surface area contributed by atoms with Crippen LogP contribution in [0.3, 0.4) is 0 Å². The molecule has 28 heavy (non-hydrogen) atoms. The van der Waals surface area contributed by atoms with Gasteiger partial charge in [0.2, 0.25) is 5.91 Å². The first-order valence-corrected chi connectivity index (χ1v) is 10.1. The van der Waals surface area contributed by atoms with Gasteiger partial charge in [-0.15, -0.1) is 0 Å².